The van der Waals surface area contributed by atoms with E-state index < -0.39 is 22.7 Å². The van der Waals surface area contributed by atoms with Gasteiger partial charge in [-0.05, 0) is 52.9 Å². The van der Waals surface area contributed by atoms with Crippen molar-refractivity contribution in [3.8, 4) is 0 Å². The van der Waals surface area contributed by atoms with Crippen LogP contribution in [0.2, 0.25) is 0 Å². The minimum Gasteiger partial charge on any atom is -0.481 e. The van der Waals surface area contributed by atoms with Crippen molar-refractivity contribution in [1.82, 2.24) is 21.3 Å². The lowest BCUT2D eigenvalue weighted by Gasteiger charge is -2.38. The molecule has 0 aliphatic carbocycles. The zero-order valence-corrected chi connectivity index (χ0v) is 23.7. The summed E-state index contributed by atoms with van der Waals surface area (Å²) in [6, 6.07) is -0.0436. The monoisotopic (exact) mass is 524 g/mol. The van der Waals surface area contributed by atoms with Crippen molar-refractivity contribution >= 4 is 29.6 Å². The van der Waals surface area contributed by atoms with Crippen LogP contribution in [0.1, 0.15) is 87.0 Å². The average Bonchev–Trinajstić information content (AvgIpc) is 2.80. The first-order chi connectivity index (χ1) is 17.1. The molecule has 0 rings (SSSR count). The standard InChI is InChI=1S/C27H48N4O6/c1-9-26(7,24(36)30-15-11-14-28-22(34)18(2)3)17-27(8,16-20(6)23(35)31-19(4)5)25(37)29-13-10-12-21(32)33/h19-20H,2,9-17H2,1,3-8H3,(H,28,34)(H,29,37)(H,30,36)(H,31,35)(H,32,33). The minimum absolute atomic E-state index is 0.0436. The van der Waals surface area contributed by atoms with Crippen LogP contribution >= 0.6 is 0 Å². The highest BCUT2D eigenvalue weighted by Gasteiger charge is 2.45. The zero-order valence-electron chi connectivity index (χ0n) is 23.7. The summed E-state index contributed by atoms with van der Waals surface area (Å²) in [5.74, 6) is -2.32. The topological polar surface area (TPSA) is 154 Å². The van der Waals surface area contributed by atoms with Gasteiger partial charge in [0.15, 0.2) is 0 Å². The lowest BCUT2D eigenvalue weighted by molar-refractivity contribution is -0.140. The number of aliphatic carboxylic acids is 1. The Balaban J connectivity index is 5.49. The molecule has 10 nitrogen and oxygen atoms in total. The second kappa shape index (κ2) is 16.0. The zero-order chi connectivity index (χ0) is 28.8. The van der Waals surface area contributed by atoms with E-state index in [9.17, 15) is 24.0 Å². The van der Waals surface area contributed by atoms with Crippen molar-refractivity contribution in [3.63, 3.8) is 0 Å². The van der Waals surface area contributed by atoms with Crippen LogP contribution in [0.3, 0.4) is 0 Å². The number of carbonyl (C=O) groups excluding carboxylic acids is 4. The fourth-order valence-electron chi connectivity index (χ4n) is 4.18. The van der Waals surface area contributed by atoms with E-state index in [1.165, 1.54) is 0 Å². The van der Waals surface area contributed by atoms with Gasteiger partial charge in [0.2, 0.25) is 23.6 Å². The molecule has 212 valence electrons. The Hall–Kier alpha value is -2.91. The third-order valence-corrected chi connectivity index (χ3v) is 6.46. The second-order valence-electron chi connectivity index (χ2n) is 10.8. The summed E-state index contributed by atoms with van der Waals surface area (Å²) in [5, 5.41) is 20.2. The van der Waals surface area contributed by atoms with Gasteiger partial charge in [-0.1, -0.05) is 34.3 Å². The summed E-state index contributed by atoms with van der Waals surface area (Å²) in [4.78, 5) is 61.6. The third kappa shape index (κ3) is 12.7. The Kier molecular flexibility index (Phi) is 14.8. The van der Waals surface area contributed by atoms with E-state index in [4.69, 9.17) is 5.11 Å². The van der Waals surface area contributed by atoms with Gasteiger partial charge in [0, 0.05) is 54.4 Å². The SMILES string of the molecule is C=C(C)C(=O)NCCCNC(=O)C(C)(CC)CC(C)(CC(C)C(=O)NC(C)C)C(=O)NCCCC(=O)O. The van der Waals surface area contributed by atoms with Gasteiger partial charge in [-0.2, -0.15) is 0 Å². The maximum absolute atomic E-state index is 13.4. The second-order valence-corrected chi connectivity index (χ2v) is 10.8. The maximum atomic E-state index is 13.4. The van der Waals surface area contributed by atoms with Crippen LogP contribution in [-0.2, 0) is 24.0 Å². The van der Waals surface area contributed by atoms with Gasteiger partial charge in [-0.15, -0.1) is 0 Å². The molecule has 0 aliphatic heterocycles. The van der Waals surface area contributed by atoms with E-state index >= 15 is 0 Å². The fourth-order valence-corrected chi connectivity index (χ4v) is 4.18. The first-order valence-corrected chi connectivity index (χ1v) is 13.1. The highest BCUT2D eigenvalue weighted by molar-refractivity contribution is 5.92. The van der Waals surface area contributed by atoms with E-state index in [2.05, 4.69) is 27.8 Å². The van der Waals surface area contributed by atoms with Gasteiger partial charge in [0.1, 0.15) is 0 Å². The molecule has 3 atom stereocenters. The number of hydrogen-bond acceptors (Lipinski definition) is 5. The number of rotatable bonds is 18. The molecule has 0 spiro atoms. The summed E-state index contributed by atoms with van der Waals surface area (Å²) in [6.07, 6.45) is 1.67. The predicted octanol–water partition coefficient (Wildman–Crippen LogP) is 2.53. The van der Waals surface area contributed by atoms with E-state index in [0.29, 0.717) is 31.5 Å². The molecule has 0 aromatic rings. The van der Waals surface area contributed by atoms with Gasteiger partial charge in [0.05, 0.1) is 0 Å². The number of carboxylic acids is 1. The molecule has 0 radical (unpaired) electrons. The van der Waals surface area contributed by atoms with E-state index in [0.717, 1.165) is 0 Å². The smallest absolute Gasteiger partial charge is 0.303 e. The Labute approximate surface area is 221 Å². The first-order valence-electron chi connectivity index (χ1n) is 13.1. The van der Waals surface area contributed by atoms with Crippen LogP contribution in [0.25, 0.3) is 0 Å². The molecule has 0 aliphatic rings. The quantitative estimate of drug-likeness (QED) is 0.137. The summed E-state index contributed by atoms with van der Waals surface area (Å²) in [6.45, 7) is 17.1. The number of carboxylic acid groups (broad SMARTS) is 1. The first kappa shape index (κ1) is 34.1. The van der Waals surface area contributed by atoms with Crippen LogP contribution in [0, 0.1) is 16.7 Å². The lowest BCUT2D eigenvalue weighted by atomic mass is 9.67. The third-order valence-electron chi connectivity index (χ3n) is 6.46. The molecule has 10 heteroatoms. The van der Waals surface area contributed by atoms with Gasteiger partial charge in [-0.25, -0.2) is 0 Å². The molecule has 0 heterocycles. The normalized spacial score (nSPS) is 15.0. The molecular formula is C27H48N4O6. The van der Waals surface area contributed by atoms with Crippen LogP contribution < -0.4 is 21.3 Å². The van der Waals surface area contributed by atoms with Gasteiger partial charge >= 0.3 is 5.97 Å². The van der Waals surface area contributed by atoms with Crippen LogP contribution in [0.15, 0.2) is 12.2 Å². The van der Waals surface area contributed by atoms with Crippen molar-refractivity contribution in [3.05, 3.63) is 12.2 Å². The molecule has 5 N–H and O–H groups in total. The highest BCUT2D eigenvalue weighted by Crippen LogP contribution is 2.41. The largest absolute Gasteiger partial charge is 0.481 e. The molecule has 4 amide bonds. The molecule has 0 aromatic heterocycles. The summed E-state index contributed by atoms with van der Waals surface area (Å²) in [7, 11) is 0. The van der Waals surface area contributed by atoms with Crippen molar-refractivity contribution in [2.24, 2.45) is 16.7 Å². The molecule has 37 heavy (non-hydrogen) atoms. The molecular weight excluding hydrogens is 476 g/mol. The lowest BCUT2D eigenvalue weighted by Crippen LogP contribution is -2.49. The molecule has 0 saturated carbocycles. The minimum atomic E-state index is -1.05. The van der Waals surface area contributed by atoms with Gasteiger partial charge in [0.25, 0.3) is 0 Å². The Morgan fingerprint density at radius 1 is 0.865 bits per heavy atom. The van der Waals surface area contributed by atoms with Crippen LogP contribution in [0.4, 0.5) is 0 Å². The number of amides is 4. The average molecular weight is 525 g/mol. The van der Waals surface area contributed by atoms with E-state index in [-0.39, 0.29) is 61.9 Å². The molecule has 0 bridgehead atoms. The Morgan fingerprint density at radius 2 is 1.38 bits per heavy atom. The van der Waals surface area contributed by atoms with Crippen molar-refractivity contribution < 1.29 is 29.1 Å². The predicted molar refractivity (Wildman–Crippen MR) is 144 cm³/mol. The van der Waals surface area contributed by atoms with Crippen molar-refractivity contribution in [2.45, 2.75) is 93.0 Å². The van der Waals surface area contributed by atoms with Crippen LogP contribution in [-0.4, -0.2) is 60.4 Å². The van der Waals surface area contributed by atoms with E-state index in [1.54, 1.807) is 27.7 Å². The summed E-state index contributed by atoms with van der Waals surface area (Å²) >= 11 is 0. The Bertz CT molecular complexity index is 828. The molecule has 0 saturated heterocycles. The Morgan fingerprint density at radius 3 is 1.86 bits per heavy atom. The van der Waals surface area contributed by atoms with Gasteiger partial charge in [-0.3, -0.25) is 24.0 Å². The van der Waals surface area contributed by atoms with Crippen LogP contribution in [0.5, 0.6) is 0 Å². The maximum Gasteiger partial charge on any atom is 0.303 e. The summed E-state index contributed by atoms with van der Waals surface area (Å²) in [5.41, 5.74) is -1.52. The molecule has 0 fully saturated rings. The van der Waals surface area contributed by atoms with Gasteiger partial charge < -0.3 is 26.4 Å². The van der Waals surface area contributed by atoms with E-state index in [1.807, 2.05) is 20.8 Å². The fraction of sp³-hybridized carbons (Fsp3) is 0.741. The summed E-state index contributed by atoms with van der Waals surface area (Å²) < 4.78 is 0. The molecule has 0 aromatic carbocycles. The highest BCUT2D eigenvalue weighted by atomic mass is 16.4. The number of nitrogens with one attached hydrogen (secondary N) is 4. The number of carbonyl (C=O) groups is 5. The van der Waals surface area contributed by atoms with Crippen molar-refractivity contribution in [1.29, 1.82) is 0 Å². The number of hydrogen-bond donors (Lipinski definition) is 5. The molecule has 3 unspecified atom stereocenters. The van der Waals surface area contributed by atoms with Crippen molar-refractivity contribution in [2.75, 3.05) is 19.6 Å².